The summed E-state index contributed by atoms with van der Waals surface area (Å²) in [5, 5.41) is 0. The van der Waals surface area contributed by atoms with Crippen LogP contribution in [0.25, 0.3) is 0 Å². The molecule has 0 unspecified atom stereocenters. The lowest BCUT2D eigenvalue weighted by molar-refractivity contribution is 0.245. The molecule has 1 rings (SSSR count). The second-order valence-electron chi connectivity index (χ2n) is 3.76. The first kappa shape index (κ1) is 11.9. The second-order valence-corrected chi connectivity index (χ2v) is 5.80. The number of hydrogen-bond acceptors (Lipinski definition) is 3. The summed E-state index contributed by atoms with van der Waals surface area (Å²) in [7, 11) is -1.60. The molecule has 0 aliphatic carbocycles. The SMILES string of the molecule is CCCCN(C)S(=O)(=O)N1CC(N)C1. The minimum atomic E-state index is -3.22. The van der Waals surface area contributed by atoms with Crippen LogP contribution in [0, 0.1) is 0 Å². The van der Waals surface area contributed by atoms with E-state index in [4.69, 9.17) is 5.73 Å². The average molecular weight is 221 g/mol. The van der Waals surface area contributed by atoms with E-state index in [-0.39, 0.29) is 6.04 Å². The fraction of sp³-hybridized carbons (Fsp3) is 1.00. The minimum Gasteiger partial charge on any atom is -0.325 e. The van der Waals surface area contributed by atoms with Crippen molar-refractivity contribution >= 4 is 10.2 Å². The first-order valence-corrected chi connectivity index (χ1v) is 6.35. The van der Waals surface area contributed by atoms with Crippen LogP contribution in [0.4, 0.5) is 0 Å². The van der Waals surface area contributed by atoms with Crippen molar-refractivity contribution in [1.82, 2.24) is 8.61 Å². The Morgan fingerprint density at radius 3 is 2.50 bits per heavy atom. The third kappa shape index (κ3) is 2.44. The monoisotopic (exact) mass is 221 g/mol. The highest BCUT2D eigenvalue weighted by molar-refractivity contribution is 7.86. The number of nitrogens with two attached hydrogens (primary N) is 1. The molecule has 0 radical (unpaired) electrons. The van der Waals surface area contributed by atoms with Crippen molar-refractivity contribution in [1.29, 1.82) is 0 Å². The normalized spacial score (nSPS) is 20.0. The van der Waals surface area contributed by atoms with Crippen molar-refractivity contribution in [2.75, 3.05) is 26.7 Å². The summed E-state index contributed by atoms with van der Waals surface area (Å²) < 4.78 is 26.4. The molecular weight excluding hydrogens is 202 g/mol. The highest BCUT2D eigenvalue weighted by Gasteiger charge is 2.35. The Labute approximate surface area is 86.0 Å². The highest BCUT2D eigenvalue weighted by atomic mass is 32.2. The molecule has 14 heavy (non-hydrogen) atoms. The summed E-state index contributed by atoms with van der Waals surface area (Å²) in [6.45, 7) is 3.54. The smallest absolute Gasteiger partial charge is 0.281 e. The van der Waals surface area contributed by atoms with Crippen LogP contribution in [0.3, 0.4) is 0 Å². The molecule has 1 aliphatic rings. The summed E-state index contributed by atoms with van der Waals surface area (Å²) in [6, 6.07) is 0.0179. The molecule has 1 heterocycles. The number of hydrogen-bond donors (Lipinski definition) is 1. The van der Waals surface area contributed by atoms with E-state index in [1.54, 1.807) is 7.05 Å². The quantitative estimate of drug-likeness (QED) is 0.687. The van der Waals surface area contributed by atoms with Gasteiger partial charge in [0.25, 0.3) is 10.2 Å². The molecule has 6 heteroatoms. The molecule has 0 aromatic carbocycles. The van der Waals surface area contributed by atoms with Gasteiger partial charge in [-0.1, -0.05) is 13.3 Å². The summed E-state index contributed by atoms with van der Waals surface area (Å²) in [4.78, 5) is 0. The van der Waals surface area contributed by atoms with Gasteiger partial charge in [0, 0.05) is 32.7 Å². The molecule has 0 aromatic rings. The number of nitrogens with zero attached hydrogens (tertiary/aromatic N) is 2. The summed E-state index contributed by atoms with van der Waals surface area (Å²) in [5.74, 6) is 0. The first-order valence-electron chi connectivity index (χ1n) is 4.95. The van der Waals surface area contributed by atoms with Crippen LogP contribution < -0.4 is 5.73 Å². The Bertz CT molecular complexity index is 272. The fourth-order valence-electron chi connectivity index (χ4n) is 1.35. The van der Waals surface area contributed by atoms with E-state index in [1.165, 1.54) is 8.61 Å². The van der Waals surface area contributed by atoms with Crippen molar-refractivity contribution in [2.24, 2.45) is 5.73 Å². The molecule has 0 saturated carbocycles. The van der Waals surface area contributed by atoms with Gasteiger partial charge in [0.05, 0.1) is 0 Å². The third-order valence-electron chi connectivity index (χ3n) is 2.42. The zero-order valence-corrected chi connectivity index (χ0v) is 9.63. The van der Waals surface area contributed by atoms with Crippen LogP contribution in [0.15, 0.2) is 0 Å². The molecule has 5 nitrogen and oxygen atoms in total. The molecule has 84 valence electrons. The lowest BCUT2D eigenvalue weighted by Crippen LogP contribution is -2.60. The zero-order chi connectivity index (χ0) is 10.8. The van der Waals surface area contributed by atoms with E-state index in [1.807, 2.05) is 6.92 Å². The molecule has 2 N–H and O–H groups in total. The second kappa shape index (κ2) is 4.57. The van der Waals surface area contributed by atoms with Crippen molar-refractivity contribution in [3.63, 3.8) is 0 Å². The van der Waals surface area contributed by atoms with Crippen molar-refractivity contribution in [3.8, 4) is 0 Å². The van der Waals surface area contributed by atoms with Crippen LogP contribution in [0.2, 0.25) is 0 Å². The van der Waals surface area contributed by atoms with Crippen LogP contribution in [0.5, 0.6) is 0 Å². The van der Waals surface area contributed by atoms with Gasteiger partial charge in [0.15, 0.2) is 0 Å². The van der Waals surface area contributed by atoms with Gasteiger partial charge in [-0.25, -0.2) is 0 Å². The Kier molecular flexibility index (Phi) is 3.88. The molecule has 0 spiro atoms. The van der Waals surface area contributed by atoms with Crippen LogP contribution in [0.1, 0.15) is 19.8 Å². The van der Waals surface area contributed by atoms with Gasteiger partial charge in [0.2, 0.25) is 0 Å². The maximum Gasteiger partial charge on any atom is 0.281 e. The molecule has 0 bridgehead atoms. The lowest BCUT2D eigenvalue weighted by atomic mass is 10.2. The largest absolute Gasteiger partial charge is 0.325 e. The van der Waals surface area contributed by atoms with Crippen molar-refractivity contribution < 1.29 is 8.42 Å². The predicted octanol–water partition coefficient (Wildman–Crippen LogP) is -0.394. The third-order valence-corrected chi connectivity index (χ3v) is 4.34. The topological polar surface area (TPSA) is 66.6 Å². The molecule has 0 aromatic heterocycles. The summed E-state index contributed by atoms with van der Waals surface area (Å²) in [5.41, 5.74) is 5.54. The maximum atomic E-state index is 11.8. The van der Waals surface area contributed by atoms with Gasteiger partial charge < -0.3 is 5.73 Å². The van der Waals surface area contributed by atoms with Crippen LogP contribution in [-0.4, -0.2) is 49.8 Å². The lowest BCUT2D eigenvalue weighted by Gasteiger charge is -2.37. The Hall–Kier alpha value is -0.170. The molecule has 1 saturated heterocycles. The standard InChI is InChI=1S/C8H19N3O2S/c1-3-4-5-10(2)14(12,13)11-6-8(9)7-11/h8H,3-7,9H2,1-2H3. The maximum absolute atomic E-state index is 11.8. The van der Waals surface area contributed by atoms with Gasteiger partial charge in [-0.3, -0.25) is 0 Å². The molecule has 1 aliphatic heterocycles. The first-order chi connectivity index (χ1) is 6.48. The highest BCUT2D eigenvalue weighted by Crippen LogP contribution is 2.15. The predicted molar refractivity (Wildman–Crippen MR) is 56.0 cm³/mol. The van der Waals surface area contributed by atoms with E-state index in [2.05, 4.69) is 0 Å². The molecule has 0 atom stereocenters. The Balaban J connectivity index is 2.48. The van der Waals surface area contributed by atoms with Gasteiger partial charge >= 0.3 is 0 Å². The van der Waals surface area contributed by atoms with Crippen LogP contribution in [-0.2, 0) is 10.2 Å². The van der Waals surface area contributed by atoms with E-state index >= 15 is 0 Å². The number of rotatable bonds is 5. The Morgan fingerprint density at radius 1 is 1.50 bits per heavy atom. The fourth-order valence-corrected chi connectivity index (χ4v) is 2.87. The van der Waals surface area contributed by atoms with Gasteiger partial charge in [-0.2, -0.15) is 17.0 Å². The molecule has 1 fully saturated rings. The van der Waals surface area contributed by atoms with E-state index in [0.29, 0.717) is 19.6 Å². The average Bonchev–Trinajstić information content (AvgIpc) is 2.08. The van der Waals surface area contributed by atoms with Gasteiger partial charge in [-0.15, -0.1) is 0 Å². The van der Waals surface area contributed by atoms with Crippen molar-refractivity contribution in [3.05, 3.63) is 0 Å². The zero-order valence-electron chi connectivity index (χ0n) is 8.81. The van der Waals surface area contributed by atoms with Crippen LogP contribution >= 0.6 is 0 Å². The van der Waals surface area contributed by atoms with Gasteiger partial charge in [0.1, 0.15) is 0 Å². The summed E-state index contributed by atoms with van der Waals surface area (Å²) in [6.07, 6.45) is 1.90. The molecular formula is C8H19N3O2S. The summed E-state index contributed by atoms with van der Waals surface area (Å²) >= 11 is 0. The van der Waals surface area contributed by atoms with E-state index in [9.17, 15) is 8.42 Å². The van der Waals surface area contributed by atoms with E-state index in [0.717, 1.165) is 12.8 Å². The van der Waals surface area contributed by atoms with Gasteiger partial charge in [-0.05, 0) is 6.42 Å². The van der Waals surface area contributed by atoms with E-state index < -0.39 is 10.2 Å². The molecule has 0 amide bonds. The Morgan fingerprint density at radius 2 is 2.07 bits per heavy atom. The number of unbranched alkanes of at least 4 members (excludes halogenated alkanes) is 1. The minimum absolute atomic E-state index is 0.0179. The van der Waals surface area contributed by atoms with Crippen molar-refractivity contribution in [2.45, 2.75) is 25.8 Å².